The third-order valence-electron chi connectivity index (χ3n) is 6.79. The Kier molecular flexibility index (Phi) is 9.98. The van der Waals surface area contributed by atoms with E-state index in [1.807, 2.05) is 37.3 Å². The molecular weight excluding hydrogens is 577 g/mol. The molecule has 0 saturated carbocycles. The summed E-state index contributed by atoms with van der Waals surface area (Å²) in [4.78, 5) is 28.7. The van der Waals surface area contributed by atoms with E-state index < -0.39 is 40.2 Å². The predicted molar refractivity (Wildman–Crippen MR) is 162 cm³/mol. The number of rotatable bonds is 11. The zero-order chi connectivity index (χ0) is 30.3. The second-order valence-electron chi connectivity index (χ2n) is 9.77. The van der Waals surface area contributed by atoms with Crippen molar-refractivity contribution < 1.29 is 22.4 Å². The molecule has 2 amide bonds. The number of hydrogen-bond donors (Lipinski definition) is 1. The molecule has 4 aromatic carbocycles. The lowest BCUT2D eigenvalue weighted by Gasteiger charge is -2.33. The molecule has 7 nitrogen and oxygen atoms in total. The van der Waals surface area contributed by atoms with Crippen LogP contribution in [0.1, 0.15) is 16.7 Å². The Bertz CT molecular complexity index is 1620. The maximum atomic E-state index is 14.2. The lowest BCUT2D eigenvalue weighted by atomic mass is 10.0. The van der Waals surface area contributed by atoms with Gasteiger partial charge in [-0.05, 0) is 66.6 Å². The summed E-state index contributed by atoms with van der Waals surface area (Å²) in [5, 5.41) is 3.16. The normalized spacial score (nSPS) is 11.9. The fraction of sp³-hybridized carbons (Fsp3) is 0.188. The molecule has 1 atom stereocenters. The first kappa shape index (κ1) is 30.7. The molecule has 10 heteroatoms. The highest BCUT2D eigenvalue weighted by Gasteiger charge is 2.34. The molecule has 0 radical (unpaired) electrons. The van der Waals surface area contributed by atoms with Gasteiger partial charge in [0.05, 0.1) is 10.6 Å². The molecule has 4 aromatic rings. The average Bonchev–Trinajstić information content (AvgIpc) is 2.99. The Balaban J connectivity index is 1.77. The maximum Gasteiger partial charge on any atom is 0.264 e. The van der Waals surface area contributed by atoms with Crippen LogP contribution in [0.2, 0.25) is 5.02 Å². The van der Waals surface area contributed by atoms with E-state index in [1.165, 1.54) is 11.9 Å². The first-order valence-electron chi connectivity index (χ1n) is 13.2. The molecular formula is C32H31ClFN3O4S. The Labute approximate surface area is 250 Å². The van der Waals surface area contributed by atoms with Crippen LogP contribution >= 0.6 is 11.6 Å². The van der Waals surface area contributed by atoms with E-state index in [1.54, 1.807) is 48.5 Å². The number of anilines is 1. The summed E-state index contributed by atoms with van der Waals surface area (Å²) in [6.45, 7) is 1.29. The standard InChI is InChI=1S/C32H31ClFN3O4S/c1-23-8-16-28(17-9-23)37(42(40,41)29-18-14-27(34)15-19-29)22-31(38)36(21-25-10-12-26(33)13-11-25)30(32(39)35-2)20-24-6-4-3-5-7-24/h3-19,30H,20-22H2,1-2H3,(H,35,39)/t30-/m0/s1. The van der Waals surface area contributed by atoms with Gasteiger partial charge in [-0.2, -0.15) is 0 Å². The number of nitrogens with zero attached hydrogens (tertiary/aromatic N) is 2. The van der Waals surface area contributed by atoms with Crippen LogP contribution < -0.4 is 9.62 Å². The minimum Gasteiger partial charge on any atom is -0.357 e. The summed E-state index contributed by atoms with van der Waals surface area (Å²) in [5.74, 6) is -1.58. The first-order valence-corrected chi connectivity index (χ1v) is 15.0. The highest BCUT2D eigenvalue weighted by atomic mass is 35.5. The van der Waals surface area contributed by atoms with Crippen LogP contribution in [-0.4, -0.2) is 44.8 Å². The molecule has 0 saturated heterocycles. The van der Waals surface area contributed by atoms with Crippen molar-refractivity contribution in [1.82, 2.24) is 10.2 Å². The fourth-order valence-corrected chi connectivity index (χ4v) is 6.02. The number of amides is 2. The van der Waals surface area contributed by atoms with Crippen molar-refractivity contribution in [2.75, 3.05) is 17.9 Å². The predicted octanol–water partition coefficient (Wildman–Crippen LogP) is 5.37. The quantitative estimate of drug-likeness (QED) is 0.248. The average molecular weight is 608 g/mol. The van der Waals surface area contributed by atoms with Gasteiger partial charge < -0.3 is 10.2 Å². The molecule has 0 fully saturated rings. The summed E-state index contributed by atoms with van der Waals surface area (Å²) in [7, 11) is -2.81. The minimum absolute atomic E-state index is 0.0270. The van der Waals surface area contributed by atoms with Gasteiger partial charge in [0.15, 0.2) is 0 Å². The molecule has 4 rings (SSSR count). The number of sulfonamides is 1. The number of hydrogen-bond acceptors (Lipinski definition) is 4. The molecule has 0 unspecified atom stereocenters. The molecule has 0 aromatic heterocycles. The molecule has 218 valence electrons. The fourth-order valence-electron chi connectivity index (χ4n) is 4.48. The Hall–Kier alpha value is -4.21. The number of benzene rings is 4. The van der Waals surface area contributed by atoms with Crippen LogP contribution in [0.15, 0.2) is 108 Å². The van der Waals surface area contributed by atoms with Crippen molar-refractivity contribution in [2.45, 2.75) is 30.8 Å². The molecule has 0 aliphatic heterocycles. The zero-order valence-corrected chi connectivity index (χ0v) is 24.8. The minimum atomic E-state index is -4.30. The highest BCUT2D eigenvalue weighted by Crippen LogP contribution is 2.26. The van der Waals surface area contributed by atoms with Gasteiger partial charge in [-0.3, -0.25) is 13.9 Å². The van der Waals surface area contributed by atoms with E-state index in [2.05, 4.69) is 5.32 Å². The van der Waals surface area contributed by atoms with E-state index in [0.29, 0.717) is 10.6 Å². The van der Waals surface area contributed by atoms with Crippen LogP contribution in [0.5, 0.6) is 0 Å². The number of halogens is 2. The van der Waals surface area contributed by atoms with Gasteiger partial charge >= 0.3 is 0 Å². The third kappa shape index (κ3) is 7.54. The summed E-state index contributed by atoms with van der Waals surface area (Å²) in [6.07, 6.45) is 0.203. The van der Waals surface area contributed by atoms with Gasteiger partial charge in [-0.25, -0.2) is 12.8 Å². The van der Waals surface area contributed by atoms with Crippen molar-refractivity contribution in [3.05, 3.63) is 131 Å². The molecule has 0 bridgehead atoms. The number of nitrogens with one attached hydrogen (secondary N) is 1. The lowest BCUT2D eigenvalue weighted by Crippen LogP contribution is -2.53. The number of carbonyl (C=O) groups is 2. The molecule has 0 aliphatic rings. The first-order chi connectivity index (χ1) is 20.1. The van der Waals surface area contributed by atoms with Gasteiger partial charge in [-0.15, -0.1) is 0 Å². The van der Waals surface area contributed by atoms with E-state index in [0.717, 1.165) is 39.7 Å². The van der Waals surface area contributed by atoms with Gasteiger partial charge in [0.25, 0.3) is 10.0 Å². The summed E-state index contributed by atoms with van der Waals surface area (Å²) >= 11 is 6.08. The second-order valence-corrected chi connectivity index (χ2v) is 12.1. The molecule has 1 N–H and O–H groups in total. The van der Waals surface area contributed by atoms with E-state index in [4.69, 9.17) is 11.6 Å². The summed E-state index contributed by atoms with van der Waals surface area (Å²) in [5.41, 5.74) is 2.69. The number of carbonyl (C=O) groups excluding carboxylic acids is 2. The van der Waals surface area contributed by atoms with E-state index >= 15 is 0 Å². The highest BCUT2D eigenvalue weighted by molar-refractivity contribution is 7.92. The van der Waals surface area contributed by atoms with Crippen molar-refractivity contribution in [2.24, 2.45) is 0 Å². The zero-order valence-electron chi connectivity index (χ0n) is 23.2. The van der Waals surface area contributed by atoms with Gasteiger partial charge in [-0.1, -0.05) is 71.8 Å². The second kappa shape index (κ2) is 13.6. The van der Waals surface area contributed by atoms with Crippen LogP contribution in [0.25, 0.3) is 0 Å². The number of likely N-dealkylation sites (N-methyl/N-ethyl adjacent to an activating group) is 1. The molecule has 42 heavy (non-hydrogen) atoms. The van der Waals surface area contributed by atoms with Crippen molar-refractivity contribution >= 4 is 39.1 Å². The van der Waals surface area contributed by atoms with Crippen molar-refractivity contribution in [3.8, 4) is 0 Å². The van der Waals surface area contributed by atoms with E-state index in [-0.39, 0.29) is 23.5 Å². The third-order valence-corrected chi connectivity index (χ3v) is 8.83. The summed E-state index contributed by atoms with van der Waals surface area (Å²) < 4.78 is 42.4. The van der Waals surface area contributed by atoms with Gasteiger partial charge in [0, 0.05) is 25.0 Å². The topological polar surface area (TPSA) is 86.8 Å². The van der Waals surface area contributed by atoms with Crippen LogP contribution in [0, 0.1) is 12.7 Å². The Morgan fingerprint density at radius 3 is 2.07 bits per heavy atom. The molecule has 0 spiro atoms. The van der Waals surface area contributed by atoms with Gasteiger partial charge in [0.2, 0.25) is 11.8 Å². The largest absolute Gasteiger partial charge is 0.357 e. The smallest absolute Gasteiger partial charge is 0.264 e. The number of aryl methyl sites for hydroxylation is 1. The SMILES string of the molecule is CNC(=O)[C@H](Cc1ccccc1)N(Cc1ccc(Cl)cc1)C(=O)CN(c1ccc(C)cc1)S(=O)(=O)c1ccc(F)cc1. The Morgan fingerprint density at radius 1 is 0.857 bits per heavy atom. The lowest BCUT2D eigenvalue weighted by molar-refractivity contribution is -0.139. The summed E-state index contributed by atoms with van der Waals surface area (Å²) in [6, 6.07) is 26.3. The van der Waals surface area contributed by atoms with E-state index in [9.17, 15) is 22.4 Å². The van der Waals surface area contributed by atoms with Crippen LogP contribution in [0.4, 0.5) is 10.1 Å². The molecule has 0 heterocycles. The monoisotopic (exact) mass is 607 g/mol. The van der Waals surface area contributed by atoms with Gasteiger partial charge in [0.1, 0.15) is 18.4 Å². The van der Waals surface area contributed by atoms with Crippen LogP contribution in [0.3, 0.4) is 0 Å². The van der Waals surface area contributed by atoms with Crippen LogP contribution in [-0.2, 0) is 32.6 Å². The molecule has 0 aliphatic carbocycles. The maximum absolute atomic E-state index is 14.2. The van der Waals surface area contributed by atoms with Crippen molar-refractivity contribution in [1.29, 1.82) is 0 Å². The Morgan fingerprint density at radius 2 is 1.48 bits per heavy atom. The van der Waals surface area contributed by atoms with Crippen molar-refractivity contribution in [3.63, 3.8) is 0 Å².